The molecule has 24 heavy (non-hydrogen) atoms. The molecular weight excluding hydrogens is 311 g/mol. The highest BCUT2D eigenvalue weighted by Gasteiger charge is 2.31. The highest BCUT2D eigenvalue weighted by molar-refractivity contribution is 5.93. The zero-order valence-electron chi connectivity index (χ0n) is 13.9. The van der Waals surface area contributed by atoms with E-state index in [0.717, 1.165) is 37.1 Å². The number of likely N-dealkylation sites (N-methyl/N-ethyl adjacent to an activating group) is 1. The molecule has 0 aromatic heterocycles. The highest BCUT2D eigenvalue weighted by atomic mass is 19.1. The summed E-state index contributed by atoms with van der Waals surface area (Å²) in [6.07, 6.45) is 3.85. The molecule has 0 spiro atoms. The monoisotopic (exact) mass is 334 g/mol. The summed E-state index contributed by atoms with van der Waals surface area (Å²) in [6.45, 7) is 1.36. The van der Waals surface area contributed by atoms with Crippen LogP contribution < -0.4 is 0 Å². The standard InChI is InChI=1S/C18H23FN2O3/c1-21(12-16-4-2-3-9-23-16)18(22)17-11-15(20-24-17)10-13-5-7-14(19)8-6-13/h5-8,16-17H,2-4,9-12H2,1H3/t16-,17+/m1/s1. The van der Waals surface area contributed by atoms with E-state index in [1.165, 1.54) is 12.1 Å². The highest BCUT2D eigenvalue weighted by Crippen LogP contribution is 2.18. The van der Waals surface area contributed by atoms with E-state index in [9.17, 15) is 9.18 Å². The number of benzene rings is 1. The normalized spacial score (nSPS) is 23.5. The van der Waals surface area contributed by atoms with Crippen molar-refractivity contribution in [1.82, 2.24) is 4.90 Å². The first-order valence-corrected chi connectivity index (χ1v) is 8.44. The molecular formula is C18H23FN2O3. The number of ether oxygens (including phenoxy) is 1. The van der Waals surface area contributed by atoms with Crippen molar-refractivity contribution in [3.63, 3.8) is 0 Å². The number of amides is 1. The van der Waals surface area contributed by atoms with Gasteiger partial charge in [0.05, 0.1) is 11.8 Å². The molecule has 0 unspecified atom stereocenters. The van der Waals surface area contributed by atoms with Gasteiger partial charge in [0.2, 0.25) is 6.10 Å². The zero-order chi connectivity index (χ0) is 16.9. The van der Waals surface area contributed by atoms with Gasteiger partial charge in [0.25, 0.3) is 5.91 Å². The van der Waals surface area contributed by atoms with Gasteiger partial charge in [-0.3, -0.25) is 4.79 Å². The van der Waals surface area contributed by atoms with Crippen molar-refractivity contribution < 1.29 is 18.8 Å². The van der Waals surface area contributed by atoms with Gasteiger partial charge in [-0.2, -0.15) is 0 Å². The van der Waals surface area contributed by atoms with Crippen LogP contribution in [-0.2, 0) is 20.8 Å². The van der Waals surface area contributed by atoms with Crippen LogP contribution in [0.25, 0.3) is 0 Å². The summed E-state index contributed by atoms with van der Waals surface area (Å²) >= 11 is 0. The molecule has 130 valence electrons. The van der Waals surface area contributed by atoms with Gasteiger partial charge in [0, 0.05) is 33.0 Å². The van der Waals surface area contributed by atoms with Gasteiger partial charge in [0.15, 0.2) is 0 Å². The Balaban J connectivity index is 1.48. The van der Waals surface area contributed by atoms with Gasteiger partial charge in [-0.25, -0.2) is 4.39 Å². The Morgan fingerprint density at radius 1 is 1.33 bits per heavy atom. The van der Waals surface area contributed by atoms with Crippen molar-refractivity contribution in [3.8, 4) is 0 Å². The molecule has 1 amide bonds. The topological polar surface area (TPSA) is 51.1 Å². The Hall–Kier alpha value is -1.95. The van der Waals surface area contributed by atoms with Crippen LogP contribution in [0.15, 0.2) is 29.4 Å². The molecule has 0 saturated carbocycles. The Labute approximate surface area is 141 Å². The molecule has 5 nitrogen and oxygen atoms in total. The lowest BCUT2D eigenvalue weighted by atomic mass is 10.0. The van der Waals surface area contributed by atoms with Gasteiger partial charge in [-0.1, -0.05) is 17.3 Å². The van der Waals surface area contributed by atoms with Crippen molar-refractivity contribution in [3.05, 3.63) is 35.6 Å². The first-order valence-electron chi connectivity index (χ1n) is 8.44. The molecule has 1 fully saturated rings. The van der Waals surface area contributed by atoms with Crippen LogP contribution in [0.2, 0.25) is 0 Å². The Bertz CT molecular complexity index is 597. The summed E-state index contributed by atoms with van der Waals surface area (Å²) in [7, 11) is 1.78. The van der Waals surface area contributed by atoms with E-state index in [4.69, 9.17) is 9.57 Å². The maximum atomic E-state index is 12.9. The van der Waals surface area contributed by atoms with Gasteiger partial charge >= 0.3 is 0 Å². The smallest absolute Gasteiger partial charge is 0.266 e. The largest absolute Gasteiger partial charge is 0.382 e. The summed E-state index contributed by atoms with van der Waals surface area (Å²) in [5.74, 6) is -0.329. The first kappa shape index (κ1) is 16.9. The average molecular weight is 334 g/mol. The quantitative estimate of drug-likeness (QED) is 0.831. The fourth-order valence-electron chi connectivity index (χ4n) is 3.09. The molecule has 3 rings (SSSR count). The van der Waals surface area contributed by atoms with Crippen LogP contribution >= 0.6 is 0 Å². The summed E-state index contributed by atoms with van der Waals surface area (Å²) in [6, 6.07) is 6.29. The molecule has 2 aliphatic heterocycles. The van der Waals surface area contributed by atoms with E-state index in [2.05, 4.69) is 5.16 Å². The predicted octanol–water partition coefficient (Wildman–Crippen LogP) is 2.54. The molecule has 0 aliphatic carbocycles. The average Bonchev–Trinajstić information content (AvgIpc) is 3.05. The van der Waals surface area contributed by atoms with E-state index < -0.39 is 6.10 Å². The lowest BCUT2D eigenvalue weighted by Crippen LogP contribution is -2.42. The van der Waals surface area contributed by atoms with Crippen LogP contribution in [-0.4, -0.2) is 48.9 Å². The lowest BCUT2D eigenvalue weighted by Gasteiger charge is -2.28. The number of nitrogens with zero attached hydrogens (tertiary/aromatic N) is 2. The van der Waals surface area contributed by atoms with Gasteiger partial charge < -0.3 is 14.5 Å². The fraction of sp³-hybridized carbons (Fsp3) is 0.556. The molecule has 2 aliphatic rings. The Kier molecular flexibility index (Phi) is 5.45. The molecule has 0 radical (unpaired) electrons. The van der Waals surface area contributed by atoms with Crippen LogP contribution in [0, 0.1) is 5.82 Å². The Morgan fingerprint density at radius 2 is 2.12 bits per heavy atom. The third-order valence-electron chi connectivity index (χ3n) is 4.45. The molecule has 1 saturated heterocycles. The minimum atomic E-state index is -0.561. The number of halogens is 1. The maximum absolute atomic E-state index is 12.9. The van der Waals surface area contributed by atoms with Crippen molar-refractivity contribution in [2.75, 3.05) is 20.2 Å². The third-order valence-corrected chi connectivity index (χ3v) is 4.45. The van der Waals surface area contributed by atoms with Gasteiger partial charge in [-0.15, -0.1) is 0 Å². The van der Waals surface area contributed by atoms with Crippen molar-refractivity contribution in [2.24, 2.45) is 5.16 Å². The summed E-state index contributed by atoms with van der Waals surface area (Å²) < 4.78 is 18.6. The molecule has 2 heterocycles. The number of oxime groups is 1. The van der Waals surface area contributed by atoms with Crippen molar-refractivity contribution in [1.29, 1.82) is 0 Å². The molecule has 1 aromatic rings. The SMILES string of the molecule is CN(C[C@H]1CCCCO1)C(=O)[C@@H]1CC(Cc2ccc(F)cc2)=NO1. The van der Waals surface area contributed by atoms with Crippen LogP contribution in [0.3, 0.4) is 0 Å². The van der Waals surface area contributed by atoms with Gasteiger partial charge in [0.1, 0.15) is 5.82 Å². The van der Waals surface area contributed by atoms with Gasteiger partial charge in [-0.05, 0) is 37.0 Å². The summed E-state index contributed by atoms with van der Waals surface area (Å²) in [5.41, 5.74) is 1.76. The number of carbonyl (C=O) groups excluding carboxylic acids is 1. The molecule has 2 atom stereocenters. The number of hydrogen-bond donors (Lipinski definition) is 0. The first-order chi connectivity index (χ1) is 11.6. The van der Waals surface area contributed by atoms with E-state index in [1.54, 1.807) is 24.1 Å². The van der Waals surface area contributed by atoms with Crippen molar-refractivity contribution in [2.45, 2.75) is 44.3 Å². The number of carbonyl (C=O) groups is 1. The lowest BCUT2D eigenvalue weighted by molar-refractivity contribution is -0.143. The zero-order valence-corrected chi connectivity index (χ0v) is 13.9. The van der Waals surface area contributed by atoms with E-state index in [1.807, 2.05) is 0 Å². The Morgan fingerprint density at radius 3 is 2.83 bits per heavy atom. The molecule has 0 N–H and O–H groups in total. The maximum Gasteiger partial charge on any atom is 0.266 e. The third kappa shape index (κ3) is 4.32. The second-order valence-electron chi connectivity index (χ2n) is 6.47. The number of hydrogen-bond acceptors (Lipinski definition) is 4. The minimum Gasteiger partial charge on any atom is -0.382 e. The minimum absolute atomic E-state index is 0.0676. The second-order valence-corrected chi connectivity index (χ2v) is 6.47. The van der Waals surface area contributed by atoms with E-state index >= 15 is 0 Å². The summed E-state index contributed by atoms with van der Waals surface area (Å²) in [4.78, 5) is 19.5. The van der Waals surface area contributed by atoms with E-state index in [0.29, 0.717) is 19.4 Å². The molecule has 6 heteroatoms. The van der Waals surface area contributed by atoms with Crippen LogP contribution in [0.5, 0.6) is 0 Å². The fourth-order valence-corrected chi connectivity index (χ4v) is 3.09. The second kappa shape index (κ2) is 7.75. The number of rotatable bonds is 5. The molecule has 0 bridgehead atoms. The van der Waals surface area contributed by atoms with E-state index in [-0.39, 0.29) is 17.8 Å². The van der Waals surface area contributed by atoms with Crippen LogP contribution in [0.4, 0.5) is 4.39 Å². The molecule has 1 aromatic carbocycles. The van der Waals surface area contributed by atoms with Crippen molar-refractivity contribution >= 4 is 11.6 Å². The predicted molar refractivity (Wildman–Crippen MR) is 88.3 cm³/mol. The summed E-state index contributed by atoms with van der Waals surface area (Å²) in [5, 5.41) is 4.03. The van der Waals surface area contributed by atoms with Crippen LogP contribution in [0.1, 0.15) is 31.2 Å².